The molecule has 0 aliphatic rings. The van der Waals surface area contributed by atoms with E-state index in [1.807, 2.05) is 30.3 Å². The summed E-state index contributed by atoms with van der Waals surface area (Å²) in [6.07, 6.45) is 0. The Hall–Kier alpha value is -4.13. The highest BCUT2D eigenvalue weighted by molar-refractivity contribution is 6.06. The van der Waals surface area contributed by atoms with E-state index in [2.05, 4.69) is 10.1 Å². The summed E-state index contributed by atoms with van der Waals surface area (Å²) < 4.78 is 21.7. The molecule has 5 aromatic rings. The maximum absolute atomic E-state index is 12.6. The predicted octanol–water partition coefficient (Wildman–Crippen LogP) is 4.68. The Kier molecular flexibility index (Phi) is 4.21. The van der Waals surface area contributed by atoms with Gasteiger partial charge in [-0.1, -0.05) is 41.6 Å². The van der Waals surface area contributed by atoms with Crippen LogP contribution in [0.5, 0.6) is 11.5 Å². The molecule has 0 saturated carbocycles. The summed E-state index contributed by atoms with van der Waals surface area (Å²) in [5, 5.41) is 6.83. The molecule has 0 amide bonds. The summed E-state index contributed by atoms with van der Waals surface area (Å²) in [6.45, 7) is 0. The van der Waals surface area contributed by atoms with Crippen molar-refractivity contribution in [2.75, 3.05) is 14.2 Å². The van der Waals surface area contributed by atoms with Gasteiger partial charge in [-0.3, -0.25) is 0 Å². The van der Waals surface area contributed by atoms with Gasteiger partial charge in [0.15, 0.2) is 11.5 Å². The number of para-hydroxylation sites is 1. The van der Waals surface area contributed by atoms with E-state index >= 15 is 0 Å². The van der Waals surface area contributed by atoms with Crippen LogP contribution in [0.3, 0.4) is 0 Å². The molecule has 3 aromatic carbocycles. The maximum atomic E-state index is 12.6. The molecule has 0 aliphatic heterocycles. The van der Waals surface area contributed by atoms with Crippen molar-refractivity contribution >= 4 is 21.7 Å². The van der Waals surface area contributed by atoms with Crippen LogP contribution in [0.2, 0.25) is 0 Å². The predicted molar refractivity (Wildman–Crippen MR) is 112 cm³/mol. The number of ether oxygens (including phenoxy) is 2. The maximum Gasteiger partial charge on any atom is 0.349 e. The second-order valence-corrected chi connectivity index (χ2v) is 6.61. The smallest absolute Gasteiger partial charge is 0.349 e. The van der Waals surface area contributed by atoms with Crippen molar-refractivity contribution in [3.63, 3.8) is 0 Å². The molecule has 0 spiro atoms. The van der Waals surface area contributed by atoms with Gasteiger partial charge in [0, 0.05) is 5.39 Å². The minimum atomic E-state index is -0.550. The fraction of sp³-hybridized carbons (Fsp3) is 0.0870. The van der Waals surface area contributed by atoms with Crippen molar-refractivity contribution in [1.29, 1.82) is 0 Å². The van der Waals surface area contributed by atoms with Crippen LogP contribution in [0, 0.1) is 0 Å². The molecule has 0 aliphatic carbocycles. The zero-order valence-electron chi connectivity index (χ0n) is 16.2. The zero-order chi connectivity index (χ0) is 20.7. The first-order valence-corrected chi connectivity index (χ1v) is 9.20. The van der Waals surface area contributed by atoms with Gasteiger partial charge in [0.1, 0.15) is 11.1 Å². The van der Waals surface area contributed by atoms with Crippen LogP contribution >= 0.6 is 0 Å². The number of hydrogen-bond donors (Lipinski definition) is 0. The van der Waals surface area contributed by atoms with Crippen molar-refractivity contribution < 1.29 is 18.4 Å². The fourth-order valence-corrected chi connectivity index (χ4v) is 3.53. The Labute approximate surface area is 170 Å². The van der Waals surface area contributed by atoms with E-state index in [-0.39, 0.29) is 17.3 Å². The summed E-state index contributed by atoms with van der Waals surface area (Å²) in [5.74, 6) is 1.36. The van der Waals surface area contributed by atoms with Gasteiger partial charge < -0.3 is 18.4 Å². The average Bonchev–Trinajstić information content (AvgIpc) is 3.27. The summed E-state index contributed by atoms with van der Waals surface area (Å²) >= 11 is 0. The Morgan fingerprint density at radius 3 is 2.57 bits per heavy atom. The lowest BCUT2D eigenvalue weighted by molar-refractivity contribution is 0.355. The van der Waals surface area contributed by atoms with Gasteiger partial charge in [-0.25, -0.2) is 4.79 Å². The summed E-state index contributed by atoms with van der Waals surface area (Å²) in [4.78, 5) is 17.0. The highest BCUT2D eigenvalue weighted by Gasteiger charge is 2.20. The van der Waals surface area contributed by atoms with Gasteiger partial charge in [0.05, 0.1) is 19.8 Å². The van der Waals surface area contributed by atoms with E-state index in [0.717, 1.165) is 16.2 Å². The first kappa shape index (κ1) is 17.9. The van der Waals surface area contributed by atoms with E-state index in [0.29, 0.717) is 22.6 Å². The van der Waals surface area contributed by atoms with Crippen LogP contribution in [-0.2, 0) is 0 Å². The molecule has 0 bridgehead atoms. The third-order valence-corrected chi connectivity index (χ3v) is 4.94. The molecule has 0 N–H and O–H groups in total. The van der Waals surface area contributed by atoms with Crippen molar-refractivity contribution in [3.05, 3.63) is 71.1 Å². The molecule has 7 heteroatoms. The van der Waals surface area contributed by atoms with E-state index in [4.69, 9.17) is 18.4 Å². The number of nitrogens with zero attached hydrogens (tertiary/aromatic N) is 2. The Bertz CT molecular complexity index is 1450. The Morgan fingerprint density at radius 2 is 1.73 bits per heavy atom. The summed E-state index contributed by atoms with van der Waals surface area (Å²) in [5.41, 5.74) is 0.726. The molecule has 2 heterocycles. The molecular weight excluding hydrogens is 384 g/mol. The number of methoxy groups -OCH3 is 2. The van der Waals surface area contributed by atoms with Crippen molar-refractivity contribution in [1.82, 2.24) is 10.1 Å². The van der Waals surface area contributed by atoms with E-state index in [1.54, 1.807) is 37.4 Å². The summed E-state index contributed by atoms with van der Waals surface area (Å²) in [6, 6.07) is 18.6. The summed E-state index contributed by atoms with van der Waals surface area (Å²) in [7, 11) is 3.08. The van der Waals surface area contributed by atoms with Gasteiger partial charge >= 0.3 is 5.63 Å². The second-order valence-electron chi connectivity index (χ2n) is 6.61. The molecule has 0 saturated heterocycles. The van der Waals surface area contributed by atoms with Crippen LogP contribution in [0.15, 0.2) is 74.4 Å². The average molecular weight is 400 g/mol. The van der Waals surface area contributed by atoms with E-state index in [9.17, 15) is 4.79 Å². The highest BCUT2D eigenvalue weighted by atomic mass is 16.5. The lowest BCUT2D eigenvalue weighted by Gasteiger charge is -2.09. The van der Waals surface area contributed by atoms with Crippen LogP contribution in [0.4, 0.5) is 0 Å². The second kappa shape index (κ2) is 7.04. The quantitative estimate of drug-likeness (QED) is 0.320. The lowest BCUT2D eigenvalue weighted by Crippen LogP contribution is -2.03. The van der Waals surface area contributed by atoms with Gasteiger partial charge in [0.25, 0.3) is 5.89 Å². The van der Waals surface area contributed by atoms with E-state index < -0.39 is 5.63 Å². The van der Waals surface area contributed by atoms with Crippen molar-refractivity contribution in [2.24, 2.45) is 0 Å². The van der Waals surface area contributed by atoms with Gasteiger partial charge in [-0.15, -0.1) is 0 Å². The number of aromatic nitrogens is 2. The molecule has 7 nitrogen and oxygen atoms in total. The molecule has 0 fully saturated rings. The standard InChI is InChI=1S/C23H16N2O5/c1-27-19-9-5-8-15(20(19)28-2)21-24-22(30-25-21)17-12-16-14-7-4-3-6-13(14)10-11-18(16)29-23(17)26/h3-12H,1-2H3. The molecular formula is C23H16N2O5. The van der Waals surface area contributed by atoms with Crippen LogP contribution < -0.4 is 15.1 Å². The van der Waals surface area contributed by atoms with Gasteiger partial charge in [0.2, 0.25) is 5.82 Å². The van der Waals surface area contributed by atoms with Crippen molar-refractivity contribution in [2.45, 2.75) is 0 Å². The minimum absolute atomic E-state index is 0.0680. The van der Waals surface area contributed by atoms with Crippen LogP contribution in [-0.4, -0.2) is 24.4 Å². The van der Waals surface area contributed by atoms with Crippen LogP contribution in [0.1, 0.15) is 0 Å². The molecule has 30 heavy (non-hydrogen) atoms. The SMILES string of the molecule is COc1cccc(-c2noc(-c3cc4c(ccc5ccccc54)oc3=O)n2)c1OC. The molecule has 148 valence electrons. The van der Waals surface area contributed by atoms with E-state index in [1.165, 1.54) is 7.11 Å². The fourth-order valence-electron chi connectivity index (χ4n) is 3.53. The first-order chi connectivity index (χ1) is 14.7. The van der Waals surface area contributed by atoms with Crippen LogP contribution in [0.25, 0.3) is 44.6 Å². The largest absolute Gasteiger partial charge is 0.493 e. The van der Waals surface area contributed by atoms with Crippen molar-refractivity contribution in [3.8, 4) is 34.3 Å². The zero-order valence-corrected chi connectivity index (χ0v) is 16.2. The van der Waals surface area contributed by atoms with Gasteiger partial charge in [-0.05, 0) is 35.0 Å². The molecule has 0 atom stereocenters. The topological polar surface area (TPSA) is 87.6 Å². The molecule has 5 rings (SSSR count). The monoisotopic (exact) mass is 400 g/mol. The number of benzene rings is 3. The number of hydrogen-bond acceptors (Lipinski definition) is 7. The molecule has 0 radical (unpaired) electrons. The third-order valence-electron chi connectivity index (χ3n) is 4.94. The Balaban J connectivity index is 1.68. The normalized spacial score (nSPS) is 11.1. The molecule has 2 aromatic heterocycles. The lowest BCUT2D eigenvalue weighted by atomic mass is 10.0. The Morgan fingerprint density at radius 1 is 0.867 bits per heavy atom. The third kappa shape index (κ3) is 2.79. The number of rotatable bonds is 4. The minimum Gasteiger partial charge on any atom is -0.493 e. The first-order valence-electron chi connectivity index (χ1n) is 9.20. The molecule has 0 unspecified atom stereocenters. The number of fused-ring (bicyclic) bond motifs is 3. The van der Waals surface area contributed by atoms with Gasteiger partial charge in [-0.2, -0.15) is 4.98 Å². The highest BCUT2D eigenvalue weighted by Crippen LogP contribution is 2.37.